The number of benzene rings is 2. The number of fused-ring (bicyclic) bond motifs is 5. The molecule has 3 atom stereocenters. The van der Waals surface area contributed by atoms with Gasteiger partial charge in [-0.1, -0.05) is 46.5 Å². The predicted octanol–water partition coefficient (Wildman–Crippen LogP) is 8.08. The highest BCUT2D eigenvalue weighted by atomic mass is 16.5. The van der Waals surface area contributed by atoms with Crippen LogP contribution in [-0.2, 0) is 43.9 Å². The molecule has 1 aliphatic carbocycles. The number of Topliss-reactive ketones (excluding diaryl/α,β-unsaturated/α-hetero) is 1. The zero-order chi connectivity index (χ0) is 38.6. The van der Waals surface area contributed by atoms with Crippen molar-refractivity contribution in [1.29, 1.82) is 0 Å². The summed E-state index contributed by atoms with van der Waals surface area (Å²) in [4.78, 5) is 56.4. The fourth-order valence-electron chi connectivity index (χ4n) is 9.76. The van der Waals surface area contributed by atoms with Crippen LogP contribution >= 0.6 is 0 Å². The molecule has 0 bridgehead atoms. The van der Waals surface area contributed by atoms with Crippen LogP contribution in [0.5, 0.6) is 17.2 Å². The van der Waals surface area contributed by atoms with Gasteiger partial charge in [0, 0.05) is 61.1 Å². The third-order valence-electron chi connectivity index (χ3n) is 13.1. The maximum Gasteiger partial charge on any atom is 0.324 e. The van der Waals surface area contributed by atoms with Gasteiger partial charge in [0.05, 0.1) is 5.41 Å². The maximum atomic E-state index is 14.2. The van der Waals surface area contributed by atoms with Gasteiger partial charge in [-0.2, -0.15) is 0 Å². The van der Waals surface area contributed by atoms with Gasteiger partial charge in [-0.3, -0.25) is 19.2 Å². The van der Waals surface area contributed by atoms with Gasteiger partial charge in [0.2, 0.25) is 5.91 Å². The number of amides is 1. The summed E-state index contributed by atoms with van der Waals surface area (Å²) in [6.07, 6.45) is 11.5. The van der Waals surface area contributed by atoms with Gasteiger partial charge in [0.25, 0.3) is 0 Å². The number of carbonyl (C=O) groups is 4. The van der Waals surface area contributed by atoms with E-state index in [-0.39, 0.29) is 36.0 Å². The Morgan fingerprint density at radius 2 is 1.72 bits per heavy atom. The highest BCUT2D eigenvalue weighted by Gasteiger charge is 2.49. The number of carbonyl (C=O) groups excluding carboxylic acids is 4. The van der Waals surface area contributed by atoms with E-state index < -0.39 is 34.8 Å². The summed E-state index contributed by atoms with van der Waals surface area (Å²) in [5, 5.41) is 2.90. The van der Waals surface area contributed by atoms with Crippen LogP contribution < -0.4 is 24.4 Å². The van der Waals surface area contributed by atoms with Crippen LogP contribution in [0.2, 0.25) is 0 Å². The molecule has 9 nitrogen and oxygen atoms in total. The van der Waals surface area contributed by atoms with Crippen molar-refractivity contribution >= 4 is 29.3 Å². The number of ether oxygens (including phenoxy) is 3. The van der Waals surface area contributed by atoms with E-state index >= 15 is 0 Å². The Morgan fingerprint density at radius 1 is 0.963 bits per heavy atom. The van der Waals surface area contributed by atoms with Gasteiger partial charge < -0.3 is 24.4 Å². The highest BCUT2D eigenvalue weighted by molar-refractivity contribution is 6.00. The second-order valence-electron chi connectivity index (χ2n) is 18.5. The van der Waals surface area contributed by atoms with E-state index in [1.165, 1.54) is 24.1 Å². The number of esters is 2. The Bertz CT molecular complexity index is 1840. The molecule has 2 aromatic carbocycles. The Morgan fingerprint density at radius 3 is 2.48 bits per heavy atom. The van der Waals surface area contributed by atoms with E-state index in [1.807, 2.05) is 6.07 Å². The first kappa shape index (κ1) is 38.4. The van der Waals surface area contributed by atoms with Crippen molar-refractivity contribution in [2.45, 2.75) is 149 Å². The van der Waals surface area contributed by atoms with Crippen LogP contribution in [0.1, 0.15) is 146 Å². The number of anilines is 1. The molecule has 4 aliphatic heterocycles. The van der Waals surface area contributed by atoms with Crippen molar-refractivity contribution < 1.29 is 33.4 Å². The summed E-state index contributed by atoms with van der Waals surface area (Å²) < 4.78 is 19.0. The summed E-state index contributed by atoms with van der Waals surface area (Å²) >= 11 is 0. The molecule has 54 heavy (non-hydrogen) atoms. The standard InChI is InChI=1S/C45H60N2O7/c1-8-9-10-11-18-43(2,3)29-23-35(37-32-25-30(48)16-17-34(32)45(6,7)54-36(37)24-29)52-42(51)44(4,5)26-46-40(49)33-22-28-21-27-14-12-19-47-20-13-15-31(38(27)47)39(28)53-41(33)50/h21,23-24,32-34H,8-20,22,25-26H2,1-7H3,(H,46,49)/t32-,33?,34-/m1/s1. The number of hydrogen-bond donors (Lipinski definition) is 1. The fourth-order valence-corrected chi connectivity index (χ4v) is 9.76. The van der Waals surface area contributed by atoms with E-state index in [0.717, 1.165) is 86.7 Å². The third kappa shape index (κ3) is 7.28. The second-order valence-corrected chi connectivity index (χ2v) is 18.5. The molecule has 0 radical (unpaired) electrons. The Kier molecular flexibility index (Phi) is 10.4. The lowest BCUT2D eigenvalue weighted by molar-refractivity contribution is -0.146. The fraction of sp³-hybridized carbons (Fsp3) is 0.644. The number of aryl methyl sites for hydroxylation is 1. The maximum absolute atomic E-state index is 14.2. The quantitative estimate of drug-likeness (QED) is 0.107. The van der Waals surface area contributed by atoms with Crippen molar-refractivity contribution in [2.75, 3.05) is 24.5 Å². The van der Waals surface area contributed by atoms with Gasteiger partial charge in [0.1, 0.15) is 34.6 Å². The Hall–Kier alpha value is -3.88. The average Bonchev–Trinajstić information content (AvgIpc) is 3.12. The summed E-state index contributed by atoms with van der Waals surface area (Å²) in [5.41, 5.74) is 4.52. The third-order valence-corrected chi connectivity index (χ3v) is 13.1. The topological polar surface area (TPSA) is 111 Å². The van der Waals surface area contributed by atoms with Crippen LogP contribution in [0, 0.1) is 17.3 Å². The summed E-state index contributed by atoms with van der Waals surface area (Å²) in [6.45, 7) is 16.4. The van der Waals surface area contributed by atoms with E-state index in [2.05, 4.69) is 57.0 Å². The molecule has 1 amide bonds. The lowest BCUT2D eigenvalue weighted by Crippen LogP contribution is -2.48. The monoisotopic (exact) mass is 740 g/mol. The number of ketones is 1. The van der Waals surface area contributed by atoms with Crippen molar-refractivity contribution in [3.8, 4) is 17.2 Å². The molecule has 292 valence electrons. The largest absolute Gasteiger partial charge is 0.487 e. The van der Waals surface area contributed by atoms with Gasteiger partial charge in [0.15, 0.2) is 0 Å². The van der Waals surface area contributed by atoms with Crippen molar-refractivity contribution in [1.82, 2.24) is 5.32 Å². The highest BCUT2D eigenvalue weighted by Crippen LogP contribution is 2.55. The van der Waals surface area contributed by atoms with Crippen molar-refractivity contribution in [2.24, 2.45) is 17.3 Å². The molecular formula is C45H60N2O7. The molecule has 7 rings (SSSR count). The molecule has 2 aromatic rings. The van der Waals surface area contributed by atoms with Crippen molar-refractivity contribution in [3.05, 3.63) is 46.0 Å². The van der Waals surface area contributed by atoms with Gasteiger partial charge in [-0.25, -0.2) is 0 Å². The lowest BCUT2D eigenvalue weighted by Gasteiger charge is -2.47. The molecule has 0 saturated heterocycles. The molecule has 5 aliphatic rings. The SMILES string of the molecule is CCCCCCC(C)(C)c1cc(OC(=O)C(C)(C)CNC(=O)C2Cc3cc4c5c(c3OC2=O)CCCN5CCC4)c2c(c1)OC(C)(C)[C@@H]1CCC(=O)C[C@@H]21. The van der Waals surface area contributed by atoms with E-state index in [1.54, 1.807) is 13.8 Å². The van der Waals surface area contributed by atoms with Crippen LogP contribution in [0.25, 0.3) is 0 Å². The van der Waals surface area contributed by atoms with E-state index in [9.17, 15) is 19.2 Å². The van der Waals surface area contributed by atoms with Crippen LogP contribution in [-0.4, -0.2) is 48.9 Å². The number of nitrogens with one attached hydrogen (secondary N) is 1. The van der Waals surface area contributed by atoms with E-state index in [4.69, 9.17) is 14.2 Å². The summed E-state index contributed by atoms with van der Waals surface area (Å²) in [7, 11) is 0. The molecule has 1 saturated carbocycles. The first-order valence-corrected chi connectivity index (χ1v) is 20.6. The molecule has 1 N–H and O–H groups in total. The average molecular weight is 741 g/mol. The van der Waals surface area contributed by atoms with Gasteiger partial charge in [-0.05, 0) is 113 Å². The van der Waals surface area contributed by atoms with Crippen LogP contribution in [0.15, 0.2) is 18.2 Å². The van der Waals surface area contributed by atoms with E-state index in [0.29, 0.717) is 30.1 Å². The molecular weight excluding hydrogens is 681 g/mol. The molecule has 9 heteroatoms. The zero-order valence-electron chi connectivity index (χ0n) is 33.6. The Labute approximate surface area is 321 Å². The van der Waals surface area contributed by atoms with Crippen LogP contribution in [0.4, 0.5) is 5.69 Å². The smallest absolute Gasteiger partial charge is 0.324 e. The number of unbranched alkanes of at least 4 members (excludes halogenated alkanes) is 3. The summed E-state index contributed by atoms with van der Waals surface area (Å²) in [6, 6.07) is 6.23. The van der Waals surface area contributed by atoms with Gasteiger partial charge in [-0.15, -0.1) is 0 Å². The van der Waals surface area contributed by atoms with Gasteiger partial charge >= 0.3 is 11.9 Å². The molecule has 1 fully saturated rings. The number of hydrogen-bond acceptors (Lipinski definition) is 8. The minimum Gasteiger partial charge on any atom is -0.487 e. The minimum atomic E-state index is -1.13. The molecule has 4 heterocycles. The molecule has 0 aromatic heterocycles. The lowest BCUT2D eigenvalue weighted by atomic mass is 9.66. The second kappa shape index (κ2) is 14.6. The first-order valence-electron chi connectivity index (χ1n) is 20.6. The molecule has 1 unspecified atom stereocenters. The minimum absolute atomic E-state index is 0.0232. The number of rotatable bonds is 11. The molecule has 0 spiro atoms. The normalized spacial score (nSPS) is 22.9. The van der Waals surface area contributed by atoms with Crippen molar-refractivity contribution in [3.63, 3.8) is 0 Å². The number of nitrogens with zero attached hydrogens (tertiary/aromatic N) is 1. The Balaban J connectivity index is 1.10. The predicted molar refractivity (Wildman–Crippen MR) is 209 cm³/mol. The zero-order valence-corrected chi connectivity index (χ0v) is 33.6. The van der Waals surface area contributed by atoms with Crippen LogP contribution in [0.3, 0.4) is 0 Å². The first-order chi connectivity index (χ1) is 25.6. The summed E-state index contributed by atoms with van der Waals surface area (Å²) in [5.74, 6) is -0.554.